The standard InChI is InChI=1S/C14H19ClF3N3/c1-20(2)9-10-3-5-21(6-4-10)13-8-11(14(16,17)18)7-12(15)19-13/h7-8,10H,3-6,9H2,1-2H3. The fourth-order valence-corrected chi connectivity index (χ4v) is 2.87. The largest absolute Gasteiger partial charge is 0.416 e. The zero-order valence-electron chi connectivity index (χ0n) is 12.1. The number of nitrogens with zero attached hydrogens (tertiary/aromatic N) is 3. The van der Waals surface area contributed by atoms with Crippen LogP contribution in [0, 0.1) is 5.92 Å². The molecule has 2 heterocycles. The van der Waals surface area contributed by atoms with Crippen molar-refractivity contribution in [2.24, 2.45) is 5.92 Å². The van der Waals surface area contributed by atoms with E-state index >= 15 is 0 Å². The van der Waals surface area contributed by atoms with Crippen LogP contribution in [0.15, 0.2) is 12.1 Å². The summed E-state index contributed by atoms with van der Waals surface area (Å²) in [6.07, 6.45) is -2.49. The molecule has 1 saturated heterocycles. The van der Waals surface area contributed by atoms with Crippen LogP contribution >= 0.6 is 11.6 Å². The number of hydrogen-bond donors (Lipinski definition) is 0. The van der Waals surface area contributed by atoms with Gasteiger partial charge in [-0.3, -0.25) is 0 Å². The summed E-state index contributed by atoms with van der Waals surface area (Å²) < 4.78 is 38.4. The van der Waals surface area contributed by atoms with Crippen LogP contribution in [-0.2, 0) is 6.18 Å². The third kappa shape index (κ3) is 4.48. The van der Waals surface area contributed by atoms with Crippen LogP contribution in [0.3, 0.4) is 0 Å². The summed E-state index contributed by atoms with van der Waals surface area (Å²) in [4.78, 5) is 8.06. The molecule has 0 aliphatic carbocycles. The summed E-state index contributed by atoms with van der Waals surface area (Å²) in [5, 5.41) is -0.116. The van der Waals surface area contributed by atoms with Gasteiger partial charge < -0.3 is 9.80 Å². The minimum atomic E-state index is -4.40. The van der Waals surface area contributed by atoms with E-state index in [1.54, 1.807) is 0 Å². The van der Waals surface area contributed by atoms with Gasteiger partial charge in [0.1, 0.15) is 11.0 Å². The highest BCUT2D eigenvalue weighted by molar-refractivity contribution is 6.29. The molecular weight excluding hydrogens is 303 g/mol. The Hall–Kier alpha value is -1.01. The van der Waals surface area contributed by atoms with Crippen molar-refractivity contribution in [2.75, 3.05) is 38.6 Å². The van der Waals surface area contributed by atoms with Gasteiger partial charge in [0.15, 0.2) is 0 Å². The lowest BCUT2D eigenvalue weighted by atomic mass is 9.96. The van der Waals surface area contributed by atoms with Gasteiger partial charge in [0.2, 0.25) is 0 Å². The van der Waals surface area contributed by atoms with E-state index in [-0.39, 0.29) is 5.15 Å². The molecular formula is C14H19ClF3N3. The van der Waals surface area contributed by atoms with Crippen LogP contribution in [0.2, 0.25) is 5.15 Å². The number of aromatic nitrogens is 1. The van der Waals surface area contributed by atoms with Gasteiger partial charge in [0.25, 0.3) is 0 Å². The second-order valence-corrected chi connectivity index (χ2v) is 6.11. The monoisotopic (exact) mass is 321 g/mol. The zero-order valence-corrected chi connectivity index (χ0v) is 12.9. The molecule has 7 heteroatoms. The Bertz CT molecular complexity index is 483. The fourth-order valence-electron chi connectivity index (χ4n) is 2.67. The lowest BCUT2D eigenvalue weighted by molar-refractivity contribution is -0.137. The van der Waals surface area contributed by atoms with Crippen molar-refractivity contribution >= 4 is 17.4 Å². The molecule has 0 aromatic carbocycles. The molecule has 1 fully saturated rings. The summed E-state index contributed by atoms with van der Waals surface area (Å²) in [7, 11) is 4.06. The van der Waals surface area contributed by atoms with Crippen LogP contribution in [0.1, 0.15) is 18.4 Å². The number of hydrogen-bond acceptors (Lipinski definition) is 3. The quantitative estimate of drug-likeness (QED) is 0.794. The van der Waals surface area contributed by atoms with E-state index in [0.29, 0.717) is 24.8 Å². The van der Waals surface area contributed by atoms with Gasteiger partial charge in [0, 0.05) is 19.6 Å². The maximum atomic E-state index is 12.8. The number of rotatable bonds is 3. The van der Waals surface area contributed by atoms with E-state index < -0.39 is 11.7 Å². The minimum absolute atomic E-state index is 0.116. The molecule has 1 aromatic heterocycles. The predicted octanol–water partition coefficient (Wildman–Crippen LogP) is 3.53. The minimum Gasteiger partial charge on any atom is -0.357 e. The fraction of sp³-hybridized carbons (Fsp3) is 0.643. The first-order valence-corrected chi connectivity index (χ1v) is 7.28. The highest BCUT2D eigenvalue weighted by atomic mass is 35.5. The maximum Gasteiger partial charge on any atom is 0.416 e. The van der Waals surface area contributed by atoms with E-state index in [9.17, 15) is 13.2 Å². The molecule has 0 atom stereocenters. The SMILES string of the molecule is CN(C)CC1CCN(c2cc(C(F)(F)F)cc(Cl)n2)CC1. The molecule has 118 valence electrons. The summed E-state index contributed by atoms with van der Waals surface area (Å²) >= 11 is 5.73. The Morgan fingerprint density at radius 2 is 1.90 bits per heavy atom. The molecule has 1 aromatic rings. The van der Waals surface area contributed by atoms with Gasteiger partial charge in [0.05, 0.1) is 5.56 Å². The van der Waals surface area contributed by atoms with Crippen LogP contribution in [0.4, 0.5) is 19.0 Å². The van der Waals surface area contributed by atoms with E-state index in [1.165, 1.54) is 0 Å². The van der Waals surface area contributed by atoms with Crippen molar-refractivity contribution in [3.05, 3.63) is 22.8 Å². The van der Waals surface area contributed by atoms with Gasteiger partial charge in [-0.15, -0.1) is 0 Å². The molecule has 0 amide bonds. The van der Waals surface area contributed by atoms with Gasteiger partial charge in [-0.05, 0) is 45.0 Å². The van der Waals surface area contributed by atoms with E-state index in [4.69, 9.17) is 11.6 Å². The summed E-state index contributed by atoms with van der Waals surface area (Å²) in [5.74, 6) is 0.899. The average Bonchev–Trinajstić information content (AvgIpc) is 2.37. The number of alkyl halides is 3. The smallest absolute Gasteiger partial charge is 0.357 e. The van der Waals surface area contributed by atoms with E-state index in [0.717, 1.165) is 31.5 Å². The topological polar surface area (TPSA) is 19.4 Å². The summed E-state index contributed by atoms with van der Waals surface area (Å²) in [6, 6.07) is 1.95. The maximum absolute atomic E-state index is 12.8. The van der Waals surface area contributed by atoms with Crippen LogP contribution in [0.25, 0.3) is 0 Å². The number of piperidine rings is 1. The first-order valence-electron chi connectivity index (χ1n) is 6.90. The van der Waals surface area contributed by atoms with Gasteiger partial charge >= 0.3 is 6.18 Å². The van der Waals surface area contributed by atoms with Crippen molar-refractivity contribution in [3.8, 4) is 0 Å². The molecule has 0 unspecified atom stereocenters. The number of pyridine rings is 1. The second kappa shape index (κ2) is 6.40. The molecule has 1 aliphatic rings. The molecule has 21 heavy (non-hydrogen) atoms. The molecule has 1 aliphatic heterocycles. The van der Waals surface area contributed by atoms with E-state index in [2.05, 4.69) is 9.88 Å². The molecule has 0 radical (unpaired) electrons. The molecule has 0 spiro atoms. The van der Waals surface area contributed by atoms with Crippen molar-refractivity contribution in [2.45, 2.75) is 19.0 Å². The Balaban J connectivity index is 2.08. The predicted molar refractivity (Wildman–Crippen MR) is 77.7 cm³/mol. The van der Waals surface area contributed by atoms with E-state index in [1.807, 2.05) is 19.0 Å². The highest BCUT2D eigenvalue weighted by Crippen LogP contribution is 2.33. The molecule has 0 bridgehead atoms. The third-order valence-electron chi connectivity index (χ3n) is 3.67. The van der Waals surface area contributed by atoms with Crippen LogP contribution < -0.4 is 4.90 Å². The molecule has 0 saturated carbocycles. The number of anilines is 1. The van der Waals surface area contributed by atoms with Gasteiger partial charge in [-0.1, -0.05) is 11.6 Å². The van der Waals surface area contributed by atoms with Gasteiger partial charge in [-0.25, -0.2) is 4.98 Å². The third-order valence-corrected chi connectivity index (χ3v) is 3.86. The van der Waals surface area contributed by atoms with Crippen molar-refractivity contribution in [3.63, 3.8) is 0 Å². The first-order chi connectivity index (χ1) is 9.75. The zero-order chi connectivity index (χ0) is 15.6. The lowest BCUT2D eigenvalue weighted by Gasteiger charge is -2.34. The molecule has 3 nitrogen and oxygen atoms in total. The highest BCUT2D eigenvalue weighted by Gasteiger charge is 2.32. The molecule has 0 N–H and O–H groups in total. The van der Waals surface area contributed by atoms with Crippen molar-refractivity contribution < 1.29 is 13.2 Å². The average molecular weight is 322 g/mol. The van der Waals surface area contributed by atoms with Crippen LogP contribution in [-0.4, -0.2) is 43.6 Å². The Kier molecular flexibility index (Phi) is 4.99. The normalized spacial score (nSPS) is 17.6. The first kappa shape index (κ1) is 16.4. The van der Waals surface area contributed by atoms with Crippen molar-refractivity contribution in [1.82, 2.24) is 9.88 Å². The molecule has 2 rings (SSSR count). The Labute approximate surface area is 127 Å². The van der Waals surface area contributed by atoms with Gasteiger partial charge in [-0.2, -0.15) is 13.2 Å². The number of halogens is 4. The Morgan fingerprint density at radius 3 is 2.43 bits per heavy atom. The van der Waals surface area contributed by atoms with Crippen LogP contribution in [0.5, 0.6) is 0 Å². The van der Waals surface area contributed by atoms with Crippen molar-refractivity contribution in [1.29, 1.82) is 0 Å². The second-order valence-electron chi connectivity index (χ2n) is 5.73. The lowest BCUT2D eigenvalue weighted by Crippen LogP contribution is -2.37. The summed E-state index contributed by atoms with van der Waals surface area (Å²) in [6.45, 7) is 2.43. The Morgan fingerprint density at radius 1 is 1.29 bits per heavy atom. The summed E-state index contributed by atoms with van der Waals surface area (Å²) in [5.41, 5.74) is -0.743.